The van der Waals surface area contributed by atoms with Crippen molar-refractivity contribution in [3.8, 4) is 11.5 Å². The molecule has 5 nitrogen and oxygen atoms in total. The molecule has 0 unspecified atom stereocenters. The molecule has 0 N–H and O–H groups in total. The fourth-order valence-corrected chi connectivity index (χ4v) is 4.64. The Morgan fingerprint density at radius 3 is 2.25 bits per heavy atom. The molecule has 146 valence electrons. The van der Waals surface area contributed by atoms with E-state index in [1.54, 1.807) is 0 Å². The van der Waals surface area contributed by atoms with Crippen LogP contribution >= 0.6 is 0 Å². The first-order valence-corrected chi connectivity index (χ1v) is 10.8. The van der Waals surface area contributed by atoms with E-state index in [0.717, 1.165) is 37.0 Å². The van der Waals surface area contributed by atoms with Crippen molar-refractivity contribution in [3.63, 3.8) is 0 Å². The van der Waals surface area contributed by atoms with E-state index in [9.17, 15) is 12.8 Å². The van der Waals surface area contributed by atoms with E-state index in [1.165, 1.54) is 12.1 Å². The van der Waals surface area contributed by atoms with Gasteiger partial charge in [-0.15, -0.1) is 0 Å². The molecule has 1 aliphatic rings. The molecule has 2 heterocycles. The Morgan fingerprint density at radius 2 is 1.61 bits per heavy atom. The second-order valence-electron chi connectivity index (χ2n) is 7.00. The molecule has 0 spiro atoms. The number of benzene rings is 2. The van der Waals surface area contributed by atoms with Crippen LogP contribution in [-0.2, 0) is 9.84 Å². The van der Waals surface area contributed by atoms with Gasteiger partial charge in [0.1, 0.15) is 5.82 Å². The summed E-state index contributed by atoms with van der Waals surface area (Å²) in [5.74, 6) is 0.0385. The average molecular weight is 400 g/mol. The molecule has 1 aromatic heterocycles. The topological polar surface area (TPSA) is 63.4 Å². The summed E-state index contributed by atoms with van der Waals surface area (Å²) in [6.45, 7) is 3.41. The van der Waals surface area contributed by atoms with Gasteiger partial charge in [-0.25, -0.2) is 12.8 Å². The van der Waals surface area contributed by atoms with Crippen molar-refractivity contribution in [1.82, 2.24) is 4.98 Å². The number of hydrogen-bond donors (Lipinski definition) is 0. The first-order chi connectivity index (χ1) is 13.4. The number of aromatic nitrogens is 1. The summed E-state index contributed by atoms with van der Waals surface area (Å²) in [6.07, 6.45) is 3.04. The van der Waals surface area contributed by atoms with Crippen LogP contribution in [0, 0.1) is 12.7 Å². The Bertz CT molecular complexity index is 1070. The van der Waals surface area contributed by atoms with Gasteiger partial charge in [-0.1, -0.05) is 17.7 Å². The fraction of sp³-hybridized carbons (Fsp3) is 0.286. The first kappa shape index (κ1) is 18.7. The van der Waals surface area contributed by atoms with Gasteiger partial charge in [0.05, 0.1) is 4.90 Å². The van der Waals surface area contributed by atoms with Crippen molar-refractivity contribution in [2.24, 2.45) is 0 Å². The lowest BCUT2D eigenvalue weighted by atomic mass is 10.1. The number of oxazole rings is 1. The van der Waals surface area contributed by atoms with Crippen LogP contribution in [-0.4, -0.2) is 26.5 Å². The lowest BCUT2D eigenvalue weighted by Crippen LogP contribution is -2.30. The molecule has 3 aromatic rings. The zero-order valence-corrected chi connectivity index (χ0v) is 16.4. The first-order valence-electron chi connectivity index (χ1n) is 9.28. The normalized spacial score (nSPS) is 15.0. The van der Waals surface area contributed by atoms with Crippen molar-refractivity contribution in [2.75, 3.05) is 18.0 Å². The van der Waals surface area contributed by atoms with Crippen LogP contribution in [0.4, 0.5) is 10.3 Å². The molecular formula is C21H21FN2O3S. The predicted molar refractivity (Wildman–Crippen MR) is 105 cm³/mol. The number of hydrogen-bond acceptors (Lipinski definition) is 5. The molecule has 1 saturated heterocycles. The van der Waals surface area contributed by atoms with Crippen LogP contribution in [0.1, 0.15) is 24.8 Å². The Balaban J connectivity index is 1.84. The van der Waals surface area contributed by atoms with Crippen molar-refractivity contribution in [3.05, 3.63) is 59.9 Å². The maximum absolute atomic E-state index is 13.3. The highest BCUT2D eigenvalue weighted by Gasteiger charge is 2.32. The summed E-state index contributed by atoms with van der Waals surface area (Å²) in [5.41, 5.74) is 1.80. The maximum atomic E-state index is 13.3. The molecule has 0 atom stereocenters. The van der Waals surface area contributed by atoms with Gasteiger partial charge in [0.25, 0.3) is 0 Å². The molecule has 0 bridgehead atoms. The van der Waals surface area contributed by atoms with Crippen LogP contribution in [0.5, 0.6) is 0 Å². The highest BCUT2D eigenvalue weighted by atomic mass is 32.2. The van der Waals surface area contributed by atoms with Crippen LogP contribution in [0.25, 0.3) is 11.5 Å². The third kappa shape index (κ3) is 3.54. The van der Waals surface area contributed by atoms with Gasteiger partial charge in [-0.2, -0.15) is 4.98 Å². The summed E-state index contributed by atoms with van der Waals surface area (Å²) in [5, 5.41) is -0.114. The van der Waals surface area contributed by atoms with Gasteiger partial charge >= 0.3 is 0 Å². The van der Waals surface area contributed by atoms with Crippen molar-refractivity contribution in [1.29, 1.82) is 0 Å². The van der Waals surface area contributed by atoms with E-state index >= 15 is 0 Å². The molecule has 0 amide bonds. The number of sulfone groups is 1. The van der Waals surface area contributed by atoms with Gasteiger partial charge in [0, 0.05) is 18.7 Å². The monoisotopic (exact) mass is 400 g/mol. The molecule has 1 fully saturated rings. The van der Waals surface area contributed by atoms with Crippen LogP contribution in [0.2, 0.25) is 0 Å². The van der Waals surface area contributed by atoms with E-state index in [4.69, 9.17) is 4.42 Å². The number of halogens is 1. The van der Waals surface area contributed by atoms with Crippen molar-refractivity contribution < 1.29 is 17.2 Å². The highest BCUT2D eigenvalue weighted by Crippen LogP contribution is 2.35. The third-order valence-corrected chi connectivity index (χ3v) is 6.57. The summed E-state index contributed by atoms with van der Waals surface area (Å²) >= 11 is 0. The van der Waals surface area contributed by atoms with Gasteiger partial charge < -0.3 is 9.32 Å². The molecule has 1 aliphatic heterocycles. The summed E-state index contributed by atoms with van der Waals surface area (Å²) in [6, 6.07) is 12.3. The fourth-order valence-electron chi connectivity index (χ4n) is 3.31. The number of nitrogens with zero attached hydrogens (tertiary/aromatic N) is 2. The number of aryl methyl sites for hydroxylation is 1. The lowest BCUT2D eigenvalue weighted by Gasteiger charge is -2.26. The number of piperidine rings is 1. The maximum Gasteiger partial charge on any atom is 0.236 e. The van der Waals surface area contributed by atoms with Crippen LogP contribution in [0.15, 0.2) is 62.9 Å². The Labute approximate surface area is 163 Å². The van der Waals surface area contributed by atoms with Crippen molar-refractivity contribution in [2.45, 2.75) is 36.1 Å². The standard InChI is InChI=1S/C21H21FN2O3S/c1-15-5-7-16(8-6-15)19-23-20(21(27-19)24-13-3-2-4-14-24)28(25,26)18-11-9-17(22)10-12-18/h5-12H,2-4,13-14H2,1H3. The molecule has 28 heavy (non-hydrogen) atoms. The minimum atomic E-state index is -3.94. The minimum Gasteiger partial charge on any atom is -0.419 e. The van der Waals surface area contributed by atoms with Crippen molar-refractivity contribution >= 4 is 15.7 Å². The number of rotatable bonds is 4. The molecule has 7 heteroatoms. The predicted octanol–water partition coefficient (Wildman–Crippen LogP) is 4.61. The Hall–Kier alpha value is -2.67. The van der Waals surface area contributed by atoms with E-state index in [-0.39, 0.29) is 21.7 Å². The SMILES string of the molecule is Cc1ccc(-c2nc(S(=O)(=O)c3ccc(F)cc3)c(N3CCCCC3)o2)cc1. The highest BCUT2D eigenvalue weighted by molar-refractivity contribution is 7.91. The Kier molecular flexibility index (Phi) is 4.93. The summed E-state index contributed by atoms with van der Waals surface area (Å²) < 4.78 is 45.7. The van der Waals surface area contributed by atoms with Gasteiger partial charge in [0.15, 0.2) is 0 Å². The molecular weight excluding hydrogens is 379 g/mol. The zero-order chi connectivity index (χ0) is 19.7. The number of anilines is 1. The van der Waals surface area contributed by atoms with E-state index in [2.05, 4.69) is 4.98 Å². The van der Waals surface area contributed by atoms with E-state index in [1.807, 2.05) is 36.1 Å². The van der Waals surface area contributed by atoms with Gasteiger partial charge in [-0.05, 0) is 62.6 Å². The smallest absolute Gasteiger partial charge is 0.236 e. The van der Waals surface area contributed by atoms with Gasteiger partial charge in [-0.3, -0.25) is 0 Å². The molecule has 0 aliphatic carbocycles. The van der Waals surface area contributed by atoms with E-state index in [0.29, 0.717) is 18.7 Å². The lowest BCUT2D eigenvalue weighted by molar-refractivity contribution is 0.499. The average Bonchev–Trinajstić information content (AvgIpc) is 3.16. The van der Waals surface area contributed by atoms with Crippen LogP contribution in [0.3, 0.4) is 0 Å². The van der Waals surface area contributed by atoms with Crippen LogP contribution < -0.4 is 4.90 Å². The summed E-state index contributed by atoms with van der Waals surface area (Å²) in [7, 11) is -3.94. The Morgan fingerprint density at radius 1 is 0.964 bits per heavy atom. The molecule has 0 radical (unpaired) electrons. The van der Waals surface area contributed by atoms with Gasteiger partial charge in [0.2, 0.25) is 26.6 Å². The summed E-state index contributed by atoms with van der Waals surface area (Å²) in [4.78, 5) is 6.30. The molecule has 2 aromatic carbocycles. The molecule has 4 rings (SSSR count). The zero-order valence-electron chi connectivity index (χ0n) is 15.6. The minimum absolute atomic E-state index is 0.00378. The quantitative estimate of drug-likeness (QED) is 0.599. The second-order valence-corrected chi connectivity index (χ2v) is 8.87. The second kappa shape index (κ2) is 7.39. The third-order valence-electron chi connectivity index (χ3n) is 4.90. The largest absolute Gasteiger partial charge is 0.419 e. The van der Waals surface area contributed by atoms with E-state index < -0.39 is 15.7 Å². The molecule has 0 saturated carbocycles.